The predicted octanol–water partition coefficient (Wildman–Crippen LogP) is 4.96. The van der Waals surface area contributed by atoms with Crippen molar-refractivity contribution in [1.29, 1.82) is 0 Å². The SMILES string of the molecule is COC(C)(CC(C)C)C(=O)Nc1ccc(OCc2ccccc2)c(C)c1. The summed E-state index contributed by atoms with van der Waals surface area (Å²) in [4.78, 5) is 12.6. The molecule has 0 radical (unpaired) electrons. The first kappa shape index (κ1) is 20.0. The number of rotatable bonds is 8. The number of amides is 1. The Morgan fingerprint density at radius 3 is 2.42 bits per heavy atom. The zero-order valence-electron chi connectivity index (χ0n) is 16.3. The van der Waals surface area contributed by atoms with E-state index >= 15 is 0 Å². The highest BCUT2D eigenvalue weighted by Crippen LogP contribution is 2.26. The number of benzene rings is 2. The first-order valence-electron chi connectivity index (χ1n) is 8.98. The van der Waals surface area contributed by atoms with Crippen LogP contribution in [0.25, 0.3) is 0 Å². The lowest BCUT2D eigenvalue weighted by atomic mass is 9.93. The lowest BCUT2D eigenvalue weighted by molar-refractivity contribution is -0.137. The van der Waals surface area contributed by atoms with Crippen molar-refractivity contribution < 1.29 is 14.3 Å². The van der Waals surface area contributed by atoms with Gasteiger partial charge in [-0.1, -0.05) is 44.2 Å². The minimum Gasteiger partial charge on any atom is -0.489 e. The minimum absolute atomic E-state index is 0.133. The summed E-state index contributed by atoms with van der Waals surface area (Å²) in [5, 5.41) is 2.96. The fourth-order valence-corrected chi connectivity index (χ4v) is 2.94. The molecule has 0 aliphatic heterocycles. The molecule has 0 aliphatic rings. The Morgan fingerprint density at radius 2 is 1.85 bits per heavy atom. The molecule has 26 heavy (non-hydrogen) atoms. The maximum atomic E-state index is 12.6. The van der Waals surface area contributed by atoms with E-state index in [4.69, 9.17) is 9.47 Å². The van der Waals surface area contributed by atoms with Gasteiger partial charge < -0.3 is 14.8 Å². The molecule has 2 rings (SSSR count). The Labute approximate surface area is 156 Å². The van der Waals surface area contributed by atoms with Crippen LogP contribution in [0.3, 0.4) is 0 Å². The predicted molar refractivity (Wildman–Crippen MR) is 105 cm³/mol. The molecule has 140 valence electrons. The number of nitrogens with one attached hydrogen (secondary N) is 1. The second-order valence-corrected chi connectivity index (χ2v) is 7.24. The van der Waals surface area contributed by atoms with Crippen molar-refractivity contribution in [1.82, 2.24) is 0 Å². The quantitative estimate of drug-likeness (QED) is 0.728. The zero-order valence-corrected chi connectivity index (χ0v) is 16.3. The normalized spacial score (nSPS) is 13.3. The number of methoxy groups -OCH3 is 1. The second kappa shape index (κ2) is 8.86. The van der Waals surface area contributed by atoms with Gasteiger partial charge >= 0.3 is 0 Å². The van der Waals surface area contributed by atoms with E-state index in [9.17, 15) is 4.79 Å². The van der Waals surface area contributed by atoms with E-state index in [0.29, 0.717) is 18.9 Å². The molecule has 1 N–H and O–H groups in total. The van der Waals surface area contributed by atoms with Crippen LogP contribution in [0, 0.1) is 12.8 Å². The van der Waals surface area contributed by atoms with Gasteiger partial charge in [0.1, 0.15) is 18.0 Å². The molecule has 0 bridgehead atoms. The van der Waals surface area contributed by atoms with Crippen LogP contribution in [-0.4, -0.2) is 18.6 Å². The Kier molecular flexibility index (Phi) is 6.81. The molecule has 0 aliphatic carbocycles. The Morgan fingerprint density at radius 1 is 1.15 bits per heavy atom. The summed E-state index contributed by atoms with van der Waals surface area (Å²) < 4.78 is 11.4. The largest absolute Gasteiger partial charge is 0.489 e. The van der Waals surface area contributed by atoms with Gasteiger partial charge in [-0.25, -0.2) is 0 Å². The van der Waals surface area contributed by atoms with Crippen LogP contribution in [-0.2, 0) is 16.1 Å². The molecule has 2 aromatic carbocycles. The van der Waals surface area contributed by atoms with E-state index in [0.717, 1.165) is 22.6 Å². The van der Waals surface area contributed by atoms with Gasteiger partial charge in [0.15, 0.2) is 0 Å². The van der Waals surface area contributed by atoms with Crippen molar-refractivity contribution in [2.24, 2.45) is 5.92 Å². The lowest BCUT2D eigenvalue weighted by Crippen LogP contribution is -2.43. The Hall–Kier alpha value is -2.33. The van der Waals surface area contributed by atoms with E-state index in [2.05, 4.69) is 19.2 Å². The van der Waals surface area contributed by atoms with Gasteiger partial charge in [-0.15, -0.1) is 0 Å². The van der Waals surface area contributed by atoms with E-state index in [1.807, 2.05) is 62.4 Å². The molecule has 0 saturated carbocycles. The average Bonchev–Trinajstić information content (AvgIpc) is 2.61. The van der Waals surface area contributed by atoms with Gasteiger partial charge in [0, 0.05) is 12.8 Å². The van der Waals surface area contributed by atoms with E-state index in [1.165, 1.54) is 0 Å². The number of hydrogen-bond acceptors (Lipinski definition) is 3. The second-order valence-electron chi connectivity index (χ2n) is 7.24. The molecule has 0 fully saturated rings. The van der Waals surface area contributed by atoms with Crippen LogP contribution in [0.15, 0.2) is 48.5 Å². The van der Waals surface area contributed by atoms with Gasteiger partial charge in [-0.3, -0.25) is 4.79 Å². The molecule has 0 heterocycles. The van der Waals surface area contributed by atoms with Crippen LogP contribution in [0.1, 0.15) is 38.3 Å². The van der Waals surface area contributed by atoms with Crippen LogP contribution < -0.4 is 10.1 Å². The lowest BCUT2D eigenvalue weighted by Gasteiger charge is -2.28. The zero-order chi connectivity index (χ0) is 19.2. The van der Waals surface area contributed by atoms with Crippen LogP contribution >= 0.6 is 0 Å². The fraction of sp³-hybridized carbons (Fsp3) is 0.409. The number of hydrogen-bond donors (Lipinski definition) is 1. The van der Waals surface area contributed by atoms with Crippen LogP contribution in [0.5, 0.6) is 5.75 Å². The summed E-state index contributed by atoms with van der Waals surface area (Å²) in [7, 11) is 1.58. The molecule has 2 aromatic rings. The maximum absolute atomic E-state index is 12.6. The van der Waals surface area contributed by atoms with E-state index < -0.39 is 5.60 Å². The summed E-state index contributed by atoms with van der Waals surface area (Å²) in [6, 6.07) is 15.7. The monoisotopic (exact) mass is 355 g/mol. The number of anilines is 1. The van der Waals surface area contributed by atoms with Crippen molar-refractivity contribution >= 4 is 11.6 Å². The summed E-state index contributed by atoms with van der Waals surface area (Å²) in [5.41, 5.74) is 1.99. The molecule has 1 unspecified atom stereocenters. The molecule has 0 saturated heterocycles. The molecular formula is C22H29NO3. The first-order chi connectivity index (χ1) is 12.3. The summed E-state index contributed by atoms with van der Waals surface area (Å²) in [6.45, 7) is 8.47. The van der Waals surface area contributed by atoms with E-state index in [1.54, 1.807) is 7.11 Å². The van der Waals surface area contributed by atoms with Crippen LogP contribution in [0.2, 0.25) is 0 Å². The first-order valence-corrected chi connectivity index (χ1v) is 8.98. The molecule has 0 spiro atoms. The van der Waals surface area contributed by atoms with Crippen molar-refractivity contribution in [3.8, 4) is 5.75 Å². The number of aryl methyl sites for hydroxylation is 1. The average molecular weight is 355 g/mol. The summed E-state index contributed by atoms with van der Waals surface area (Å²) >= 11 is 0. The molecule has 4 nitrogen and oxygen atoms in total. The Bertz CT molecular complexity index is 727. The third kappa shape index (κ3) is 5.33. The molecule has 1 atom stereocenters. The van der Waals surface area contributed by atoms with Crippen LogP contribution in [0.4, 0.5) is 5.69 Å². The van der Waals surface area contributed by atoms with Crippen molar-refractivity contribution in [2.45, 2.75) is 46.3 Å². The molecule has 1 amide bonds. The molecular weight excluding hydrogens is 326 g/mol. The summed E-state index contributed by atoms with van der Waals surface area (Å²) in [5.74, 6) is 1.04. The van der Waals surface area contributed by atoms with Gasteiger partial charge in [0.05, 0.1) is 0 Å². The topological polar surface area (TPSA) is 47.6 Å². The summed E-state index contributed by atoms with van der Waals surface area (Å²) in [6.07, 6.45) is 0.659. The van der Waals surface area contributed by atoms with Gasteiger partial charge in [0.2, 0.25) is 0 Å². The Balaban J connectivity index is 2.03. The fourth-order valence-electron chi connectivity index (χ4n) is 2.94. The maximum Gasteiger partial charge on any atom is 0.256 e. The highest BCUT2D eigenvalue weighted by Gasteiger charge is 2.33. The van der Waals surface area contributed by atoms with Crippen molar-refractivity contribution in [3.63, 3.8) is 0 Å². The molecule has 0 aromatic heterocycles. The standard InChI is InChI=1S/C22H29NO3/c1-16(2)14-22(4,25-5)21(24)23-19-11-12-20(17(3)13-19)26-15-18-9-7-6-8-10-18/h6-13,16H,14-15H2,1-5H3,(H,23,24). The van der Waals surface area contributed by atoms with Crippen molar-refractivity contribution in [2.75, 3.05) is 12.4 Å². The van der Waals surface area contributed by atoms with Gasteiger partial charge in [0.25, 0.3) is 5.91 Å². The van der Waals surface area contributed by atoms with Gasteiger partial charge in [-0.05, 0) is 55.5 Å². The van der Waals surface area contributed by atoms with Crippen molar-refractivity contribution in [3.05, 3.63) is 59.7 Å². The number of ether oxygens (including phenoxy) is 2. The highest BCUT2D eigenvalue weighted by molar-refractivity contribution is 5.97. The highest BCUT2D eigenvalue weighted by atomic mass is 16.5. The molecule has 4 heteroatoms. The van der Waals surface area contributed by atoms with E-state index in [-0.39, 0.29) is 5.91 Å². The minimum atomic E-state index is -0.843. The van der Waals surface area contributed by atoms with Gasteiger partial charge in [-0.2, -0.15) is 0 Å². The third-order valence-corrected chi connectivity index (χ3v) is 4.40. The third-order valence-electron chi connectivity index (χ3n) is 4.40. The smallest absolute Gasteiger partial charge is 0.256 e. The number of carbonyl (C=O) groups is 1. The number of carbonyl (C=O) groups excluding carboxylic acids is 1.